The Morgan fingerprint density at radius 1 is 1.38 bits per heavy atom. The van der Waals surface area contributed by atoms with E-state index < -0.39 is 0 Å². The van der Waals surface area contributed by atoms with Crippen molar-refractivity contribution in [3.05, 3.63) is 35.9 Å². The molecule has 0 amide bonds. The molecule has 4 heteroatoms. The maximum Gasteiger partial charge on any atom is 0.0702 e. The predicted molar refractivity (Wildman–Crippen MR) is 85.4 cm³/mol. The lowest BCUT2D eigenvalue weighted by molar-refractivity contribution is 0.0743. The summed E-state index contributed by atoms with van der Waals surface area (Å²) in [6.07, 6.45) is 3.59. The molecule has 2 unspecified atom stereocenters. The van der Waals surface area contributed by atoms with E-state index in [9.17, 15) is 5.11 Å². The number of nitrogens with zero attached hydrogens (tertiary/aromatic N) is 1. The molecule has 0 saturated carbocycles. The molecule has 1 fully saturated rings. The number of nitrogens with one attached hydrogen (secondary N) is 1. The van der Waals surface area contributed by atoms with Crippen molar-refractivity contribution in [3.8, 4) is 0 Å². The minimum atomic E-state index is -0.369. The van der Waals surface area contributed by atoms with E-state index in [1.54, 1.807) is 0 Å². The summed E-state index contributed by atoms with van der Waals surface area (Å²) in [5, 5.41) is 13.2. The van der Waals surface area contributed by atoms with Crippen LogP contribution < -0.4 is 5.32 Å². The number of ether oxygens (including phenoxy) is 1. The summed E-state index contributed by atoms with van der Waals surface area (Å²) in [4.78, 5) is 2.31. The van der Waals surface area contributed by atoms with E-state index in [1.807, 2.05) is 25.2 Å². The average Bonchev–Trinajstić information content (AvgIpc) is 3.03. The maximum atomic E-state index is 9.92. The maximum absolute atomic E-state index is 9.92. The first kappa shape index (κ1) is 16.4. The van der Waals surface area contributed by atoms with Gasteiger partial charge < -0.3 is 20.1 Å². The topological polar surface area (TPSA) is 44.7 Å². The molecule has 0 bridgehead atoms. The average molecular weight is 292 g/mol. The van der Waals surface area contributed by atoms with Gasteiger partial charge in [-0.3, -0.25) is 0 Å². The normalized spacial score (nSPS) is 21.6. The van der Waals surface area contributed by atoms with Crippen LogP contribution in [0.25, 0.3) is 0 Å². The number of aliphatic hydroxyl groups is 1. The molecule has 2 rings (SSSR count). The van der Waals surface area contributed by atoms with Gasteiger partial charge in [-0.2, -0.15) is 0 Å². The fraction of sp³-hybridized carbons (Fsp3) is 0.647. The standard InChI is InChI=1S/C17H28N2O2/c1-18-17(14-20,15-7-4-3-5-8-15)10-11-19(2)13-16-9-6-12-21-16/h3-5,7-8,16,18,20H,6,9-14H2,1-2H3. The van der Waals surface area contributed by atoms with Gasteiger partial charge in [0.25, 0.3) is 0 Å². The third-order valence-electron chi connectivity index (χ3n) is 4.53. The van der Waals surface area contributed by atoms with Gasteiger partial charge in [0.2, 0.25) is 0 Å². The first-order chi connectivity index (χ1) is 10.2. The molecule has 0 radical (unpaired) electrons. The van der Waals surface area contributed by atoms with Crippen LogP contribution in [0, 0.1) is 0 Å². The second-order valence-corrected chi connectivity index (χ2v) is 6.00. The molecule has 0 aromatic heterocycles. The summed E-state index contributed by atoms with van der Waals surface area (Å²) in [5.41, 5.74) is 0.770. The van der Waals surface area contributed by atoms with Crippen LogP contribution in [0.15, 0.2) is 30.3 Å². The lowest BCUT2D eigenvalue weighted by Crippen LogP contribution is -2.46. The van der Waals surface area contributed by atoms with Crippen molar-refractivity contribution < 1.29 is 9.84 Å². The van der Waals surface area contributed by atoms with Crippen molar-refractivity contribution in [1.29, 1.82) is 0 Å². The van der Waals surface area contributed by atoms with Gasteiger partial charge in [-0.1, -0.05) is 30.3 Å². The van der Waals surface area contributed by atoms with Crippen molar-refractivity contribution in [1.82, 2.24) is 10.2 Å². The fourth-order valence-corrected chi connectivity index (χ4v) is 3.03. The predicted octanol–water partition coefficient (Wildman–Crippen LogP) is 1.59. The Morgan fingerprint density at radius 3 is 2.71 bits per heavy atom. The SMILES string of the molecule is CNC(CO)(CCN(C)CC1CCCO1)c1ccccc1. The molecule has 0 aliphatic carbocycles. The lowest BCUT2D eigenvalue weighted by atomic mass is 9.87. The Labute approximate surface area is 128 Å². The Balaban J connectivity index is 1.93. The highest BCUT2D eigenvalue weighted by atomic mass is 16.5. The zero-order chi connectivity index (χ0) is 15.1. The Kier molecular flexibility index (Phi) is 6.18. The summed E-state index contributed by atoms with van der Waals surface area (Å²) < 4.78 is 5.69. The Bertz CT molecular complexity index is 401. The lowest BCUT2D eigenvalue weighted by Gasteiger charge is -2.34. The Hall–Kier alpha value is -0.940. The molecule has 0 spiro atoms. The molecule has 1 aromatic rings. The van der Waals surface area contributed by atoms with Crippen LogP contribution >= 0.6 is 0 Å². The molecule has 2 N–H and O–H groups in total. The zero-order valence-corrected chi connectivity index (χ0v) is 13.2. The molecule has 1 heterocycles. The van der Waals surface area contributed by atoms with Crippen LogP contribution in [0.5, 0.6) is 0 Å². The summed E-state index contributed by atoms with van der Waals surface area (Å²) in [7, 11) is 4.05. The van der Waals surface area contributed by atoms with Crippen LogP contribution in [0.4, 0.5) is 0 Å². The summed E-state index contributed by atoms with van der Waals surface area (Å²) >= 11 is 0. The summed E-state index contributed by atoms with van der Waals surface area (Å²) in [6.45, 7) is 2.90. The van der Waals surface area contributed by atoms with Crippen molar-refractivity contribution in [2.75, 3.05) is 40.4 Å². The van der Waals surface area contributed by atoms with E-state index in [1.165, 1.54) is 12.8 Å². The third-order valence-corrected chi connectivity index (χ3v) is 4.53. The highest BCUT2D eigenvalue weighted by Gasteiger charge is 2.30. The number of hydrogen-bond acceptors (Lipinski definition) is 4. The highest BCUT2D eigenvalue weighted by Crippen LogP contribution is 2.24. The minimum Gasteiger partial charge on any atom is -0.394 e. The van der Waals surface area contributed by atoms with Gasteiger partial charge in [0.15, 0.2) is 0 Å². The van der Waals surface area contributed by atoms with Crippen molar-refractivity contribution in [2.45, 2.75) is 30.9 Å². The van der Waals surface area contributed by atoms with Crippen LogP contribution in [-0.2, 0) is 10.3 Å². The quantitative estimate of drug-likeness (QED) is 0.764. The van der Waals surface area contributed by atoms with Gasteiger partial charge in [-0.05, 0) is 38.9 Å². The number of likely N-dealkylation sites (N-methyl/N-ethyl adjacent to an activating group) is 2. The van der Waals surface area contributed by atoms with E-state index in [0.717, 1.165) is 31.7 Å². The van der Waals surface area contributed by atoms with E-state index in [4.69, 9.17) is 4.74 Å². The van der Waals surface area contributed by atoms with Crippen molar-refractivity contribution in [2.24, 2.45) is 0 Å². The van der Waals surface area contributed by atoms with E-state index in [0.29, 0.717) is 6.10 Å². The second kappa shape index (κ2) is 7.90. The molecule has 1 aromatic carbocycles. The third kappa shape index (κ3) is 4.27. The van der Waals surface area contributed by atoms with Crippen LogP contribution in [0.1, 0.15) is 24.8 Å². The molecule has 1 saturated heterocycles. The molecule has 2 atom stereocenters. The van der Waals surface area contributed by atoms with Gasteiger partial charge >= 0.3 is 0 Å². The molecule has 21 heavy (non-hydrogen) atoms. The fourth-order valence-electron chi connectivity index (χ4n) is 3.03. The van der Waals surface area contributed by atoms with E-state index in [2.05, 4.69) is 29.4 Å². The first-order valence-electron chi connectivity index (χ1n) is 7.85. The molecular formula is C17H28N2O2. The summed E-state index contributed by atoms with van der Waals surface area (Å²) in [6, 6.07) is 10.2. The number of aliphatic hydroxyl groups excluding tert-OH is 1. The zero-order valence-electron chi connectivity index (χ0n) is 13.2. The van der Waals surface area contributed by atoms with Gasteiger partial charge in [-0.25, -0.2) is 0 Å². The molecule has 1 aliphatic heterocycles. The van der Waals surface area contributed by atoms with Crippen molar-refractivity contribution >= 4 is 0 Å². The highest BCUT2D eigenvalue weighted by molar-refractivity contribution is 5.24. The number of hydrogen-bond donors (Lipinski definition) is 2. The molecular weight excluding hydrogens is 264 g/mol. The number of benzene rings is 1. The van der Waals surface area contributed by atoms with Gasteiger partial charge in [0, 0.05) is 19.7 Å². The second-order valence-electron chi connectivity index (χ2n) is 6.00. The Morgan fingerprint density at radius 2 is 2.14 bits per heavy atom. The number of rotatable bonds is 8. The van der Waals surface area contributed by atoms with Crippen LogP contribution in [0.3, 0.4) is 0 Å². The first-order valence-corrected chi connectivity index (χ1v) is 7.85. The van der Waals surface area contributed by atoms with Gasteiger partial charge in [-0.15, -0.1) is 0 Å². The van der Waals surface area contributed by atoms with Crippen LogP contribution in [0.2, 0.25) is 0 Å². The monoisotopic (exact) mass is 292 g/mol. The molecule has 118 valence electrons. The smallest absolute Gasteiger partial charge is 0.0702 e. The largest absolute Gasteiger partial charge is 0.394 e. The van der Waals surface area contributed by atoms with Gasteiger partial charge in [0.1, 0.15) is 0 Å². The summed E-state index contributed by atoms with van der Waals surface area (Å²) in [5.74, 6) is 0. The molecule has 1 aliphatic rings. The van der Waals surface area contributed by atoms with Crippen molar-refractivity contribution in [3.63, 3.8) is 0 Å². The van der Waals surface area contributed by atoms with E-state index >= 15 is 0 Å². The minimum absolute atomic E-state index is 0.0985. The van der Waals surface area contributed by atoms with Gasteiger partial charge in [0.05, 0.1) is 18.2 Å². The van der Waals surface area contributed by atoms with Crippen LogP contribution in [-0.4, -0.2) is 56.5 Å². The molecule has 4 nitrogen and oxygen atoms in total. The van der Waals surface area contributed by atoms with E-state index in [-0.39, 0.29) is 12.1 Å².